The Kier molecular flexibility index (Phi) is 2.55. The van der Waals surface area contributed by atoms with Gasteiger partial charge in [0.05, 0.1) is 12.5 Å². The summed E-state index contributed by atoms with van der Waals surface area (Å²) in [6.07, 6.45) is 0. The minimum absolute atomic E-state index is 0.0631. The van der Waals surface area contributed by atoms with Crippen molar-refractivity contribution in [3.63, 3.8) is 0 Å². The van der Waals surface area contributed by atoms with Crippen molar-refractivity contribution in [2.24, 2.45) is 0 Å². The zero-order valence-electron chi connectivity index (χ0n) is 8.69. The molecule has 0 aliphatic rings. The molecule has 0 aliphatic carbocycles. The third kappa shape index (κ3) is 1.84. The number of fused-ring (bicyclic) bond motifs is 1. The first kappa shape index (κ1) is 11.1. The van der Waals surface area contributed by atoms with E-state index in [-0.39, 0.29) is 11.1 Å². The Labute approximate surface area is 94.0 Å². The zero-order valence-corrected chi connectivity index (χ0v) is 8.69. The van der Waals surface area contributed by atoms with Gasteiger partial charge in [0.2, 0.25) is 5.76 Å². The fraction of sp³-hybridized carbons (Fsp3) is 0.0909. The maximum atomic E-state index is 13.6. The molecule has 0 unspecified atom stereocenters. The summed E-state index contributed by atoms with van der Waals surface area (Å²) in [5.74, 6) is -2.73. The summed E-state index contributed by atoms with van der Waals surface area (Å²) in [5.41, 5.74) is -1.03. The molecular formula is C11H7FO5. The lowest BCUT2D eigenvalue weighted by Crippen LogP contribution is -2.07. The number of aromatic carboxylic acids is 1. The number of carboxylic acid groups (broad SMARTS) is 1. The van der Waals surface area contributed by atoms with Gasteiger partial charge in [-0.15, -0.1) is 0 Å². The Morgan fingerprint density at radius 3 is 2.71 bits per heavy atom. The van der Waals surface area contributed by atoms with Crippen molar-refractivity contribution in [1.29, 1.82) is 0 Å². The fourth-order valence-corrected chi connectivity index (χ4v) is 1.41. The van der Waals surface area contributed by atoms with Crippen LogP contribution in [0.5, 0.6) is 5.75 Å². The number of hydrogen-bond acceptors (Lipinski definition) is 4. The second kappa shape index (κ2) is 3.89. The van der Waals surface area contributed by atoms with Crippen LogP contribution in [0.15, 0.2) is 27.4 Å². The van der Waals surface area contributed by atoms with E-state index in [1.165, 1.54) is 13.2 Å². The minimum atomic E-state index is -1.43. The summed E-state index contributed by atoms with van der Waals surface area (Å²) in [5, 5.41) is 8.62. The predicted molar refractivity (Wildman–Crippen MR) is 56.0 cm³/mol. The molecule has 0 fully saturated rings. The summed E-state index contributed by atoms with van der Waals surface area (Å²) in [6, 6.07) is 3.09. The number of benzene rings is 1. The number of carboxylic acids is 1. The molecule has 0 bridgehead atoms. The number of rotatable bonds is 2. The van der Waals surface area contributed by atoms with Gasteiger partial charge in [0.15, 0.2) is 16.8 Å². The van der Waals surface area contributed by atoms with E-state index in [1.807, 2.05) is 0 Å². The smallest absolute Gasteiger partial charge is 0.371 e. The monoisotopic (exact) mass is 238 g/mol. The normalized spacial score (nSPS) is 10.5. The molecule has 2 aromatic rings. The van der Waals surface area contributed by atoms with Gasteiger partial charge in [-0.05, 0) is 6.07 Å². The van der Waals surface area contributed by atoms with Crippen LogP contribution >= 0.6 is 0 Å². The molecule has 88 valence electrons. The summed E-state index contributed by atoms with van der Waals surface area (Å²) < 4.78 is 23.2. The van der Waals surface area contributed by atoms with E-state index in [0.717, 1.165) is 12.1 Å². The first-order valence-corrected chi connectivity index (χ1v) is 4.57. The number of ether oxygens (including phenoxy) is 1. The lowest BCUT2D eigenvalue weighted by Gasteiger charge is -2.03. The van der Waals surface area contributed by atoms with E-state index in [2.05, 4.69) is 0 Å². The highest BCUT2D eigenvalue weighted by Gasteiger charge is 2.14. The molecule has 1 N–H and O–H groups in total. The molecule has 2 rings (SSSR count). The Morgan fingerprint density at radius 1 is 1.41 bits per heavy atom. The van der Waals surface area contributed by atoms with Gasteiger partial charge in [0.1, 0.15) is 5.75 Å². The highest BCUT2D eigenvalue weighted by Crippen LogP contribution is 2.22. The van der Waals surface area contributed by atoms with Crippen molar-refractivity contribution in [1.82, 2.24) is 0 Å². The van der Waals surface area contributed by atoms with Gasteiger partial charge < -0.3 is 14.3 Å². The molecule has 0 aliphatic heterocycles. The maximum Gasteiger partial charge on any atom is 0.371 e. The van der Waals surface area contributed by atoms with E-state index >= 15 is 0 Å². The molecule has 0 atom stereocenters. The number of carbonyl (C=O) groups is 1. The number of halogens is 1. The van der Waals surface area contributed by atoms with E-state index in [4.69, 9.17) is 14.3 Å². The average Bonchev–Trinajstić information content (AvgIpc) is 2.29. The van der Waals surface area contributed by atoms with Gasteiger partial charge in [-0.2, -0.15) is 0 Å². The molecule has 0 radical (unpaired) electrons. The van der Waals surface area contributed by atoms with Gasteiger partial charge >= 0.3 is 5.97 Å². The summed E-state index contributed by atoms with van der Waals surface area (Å²) in [6.45, 7) is 0. The number of hydrogen-bond donors (Lipinski definition) is 1. The standard InChI is InChI=1S/C11H7FO5/c1-16-5-2-6-8(13)4-9(11(14)15)17-10(6)7(12)3-5/h2-4H,1H3,(H,14,15). The number of methoxy groups -OCH3 is 1. The van der Waals surface area contributed by atoms with Crippen LogP contribution < -0.4 is 10.2 Å². The van der Waals surface area contributed by atoms with Gasteiger partial charge in [-0.25, -0.2) is 9.18 Å². The van der Waals surface area contributed by atoms with Crippen molar-refractivity contribution in [2.75, 3.05) is 7.11 Å². The molecule has 0 saturated carbocycles. The second-order valence-electron chi connectivity index (χ2n) is 3.27. The van der Waals surface area contributed by atoms with Crippen LogP contribution in [0, 0.1) is 5.82 Å². The quantitative estimate of drug-likeness (QED) is 0.860. The van der Waals surface area contributed by atoms with Gasteiger partial charge in [0, 0.05) is 12.1 Å². The third-order valence-electron chi connectivity index (χ3n) is 2.20. The van der Waals surface area contributed by atoms with Gasteiger partial charge in [-0.3, -0.25) is 4.79 Å². The Balaban J connectivity index is 2.86. The van der Waals surface area contributed by atoms with Crippen LogP contribution in [0.2, 0.25) is 0 Å². The molecular weight excluding hydrogens is 231 g/mol. The first-order chi connectivity index (χ1) is 8.02. The molecule has 1 heterocycles. The van der Waals surface area contributed by atoms with Crippen LogP contribution in [0.1, 0.15) is 10.6 Å². The average molecular weight is 238 g/mol. The molecule has 6 heteroatoms. The molecule has 0 amide bonds. The minimum Gasteiger partial charge on any atom is -0.497 e. The Bertz CT molecular complexity index is 659. The van der Waals surface area contributed by atoms with E-state index in [9.17, 15) is 14.0 Å². The van der Waals surface area contributed by atoms with Crippen LogP contribution in [0.4, 0.5) is 4.39 Å². The van der Waals surface area contributed by atoms with Crippen molar-refractivity contribution in [2.45, 2.75) is 0 Å². The third-order valence-corrected chi connectivity index (χ3v) is 2.20. The van der Waals surface area contributed by atoms with Crippen LogP contribution in [-0.4, -0.2) is 18.2 Å². The van der Waals surface area contributed by atoms with E-state index in [1.54, 1.807) is 0 Å². The van der Waals surface area contributed by atoms with Crippen LogP contribution in [0.3, 0.4) is 0 Å². The van der Waals surface area contributed by atoms with Crippen molar-refractivity contribution < 1.29 is 23.4 Å². The highest BCUT2D eigenvalue weighted by molar-refractivity contribution is 5.87. The lowest BCUT2D eigenvalue weighted by molar-refractivity contribution is 0.0663. The fourth-order valence-electron chi connectivity index (χ4n) is 1.41. The first-order valence-electron chi connectivity index (χ1n) is 4.57. The van der Waals surface area contributed by atoms with Gasteiger partial charge in [-0.1, -0.05) is 0 Å². The lowest BCUT2D eigenvalue weighted by atomic mass is 10.2. The summed E-state index contributed by atoms with van der Waals surface area (Å²) in [4.78, 5) is 22.2. The van der Waals surface area contributed by atoms with Crippen LogP contribution in [0.25, 0.3) is 11.0 Å². The van der Waals surface area contributed by atoms with Crippen molar-refractivity contribution in [3.8, 4) is 5.75 Å². The van der Waals surface area contributed by atoms with Crippen molar-refractivity contribution >= 4 is 16.9 Å². The van der Waals surface area contributed by atoms with E-state index in [0.29, 0.717) is 0 Å². The van der Waals surface area contributed by atoms with Crippen LogP contribution in [-0.2, 0) is 0 Å². The Morgan fingerprint density at radius 2 is 2.12 bits per heavy atom. The van der Waals surface area contributed by atoms with E-state index < -0.39 is 28.6 Å². The van der Waals surface area contributed by atoms with Gasteiger partial charge in [0.25, 0.3) is 0 Å². The molecule has 0 spiro atoms. The molecule has 1 aromatic heterocycles. The summed E-state index contributed by atoms with van der Waals surface area (Å²) >= 11 is 0. The second-order valence-corrected chi connectivity index (χ2v) is 3.27. The SMILES string of the molecule is COc1cc(F)c2oc(C(=O)O)cc(=O)c2c1. The molecule has 0 saturated heterocycles. The topological polar surface area (TPSA) is 76.7 Å². The van der Waals surface area contributed by atoms with Crippen molar-refractivity contribution in [3.05, 3.63) is 40.0 Å². The summed E-state index contributed by atoms with van der Waals surface area (Å²) in [7, 11) is 1.33. The molecule has 5 nitrogen and oxygen atoms in total. The predicted octanol–water partition coefficient (Wildman–Crippen LogP) is 1.64. The maximum absolute atomic E-state index is 13.6. The molecule has 17 heavy (non-hydrogen) atoms. The zero-order chi connectivity index (χ0) is 12.6. The highest BCUT2D eigenvalue weighted by atomic mass is 19.1. The molecule has 1 aromatic carbocycles. The largest absolute Gasteiger partial charge is 0.497 e. The Hall–Kier alpha value is -2.37.